The fraction of sp³-hybridized carbons (Fsp3) is 0.154. The first-order chi connectivity index (χ1) is 17.7. The molecule has 1 heterocycles. The predicted octanol–water partition coefficient (Wildman–Crippen LogP) is 3.23. The van der Waals surface area contributed by atoms with E-state index in [0.717, 1.165) is 22.0 Å². The molecule has 1 atom stereocenters. The summed E-state index contributed by atoms with van der Waals surface area (Å²) in [7, 11) is -2.50. The number of nitrogens with one attached hydrogen (secondary N) is 5. The highest BCUT2D eigenvalue weighted by Crippen LogP contribution is 2.20. The number of para-hydroxylation sites is 1. The van der Waals surface area contributed by atoms with Crippen molar-refractivity contribution in [3.05, 3.63) is 90.1 Å². The van der Waals surface area contributed by atoms with Crippen molar-refractivity contribution in [2.45, 2.75) is 24.3 Å². The molecule has 0 aliphatic carbocycles. The number of methoxy groups -OCH3 is 1. The van der Waals surface area contributed by atoms with Crippen molar-refractivity contribution in [2.75, 3.05) is 12.4 Å². The Morgan fingerprint density at radius 2 is 1.65 bits per heavy atom. The molecule has 192 valence electrons. The van der Waals surface area contributed by atoms with E-state index < -0.39 is 28.0 Å². The van der Waals surface area contributed by atoms with Gasteiger partial charge in [0.25, 0.3) is 5.91 Å². The molecule has 0 aliphatic heterocycles. The SMILES string of the molecule is COc1ccc(NC(=O)NNC(=O)C(Cc2c[nH]c3ccccc23)NS(=O)(=O)c2ccc(C)cc2)cc1. The number of sulfonamides is 1. The zero-order chi connectivity index (χ0) is 26.4. The van der Waals surface area contributed by atoms with Crippen LogP contribution >= 0.6 is 0 Å². The van der Waals surface area contributed by atoms with Crippen molar-refractivity contribution in [3.63, 3.8) is 0 Å². The molecule has 4 aromatic rings. The fourth-order valence-corrected chi connectivity index (χ4v) is 4.92. The van der Waals surface area contributed by atoms with Gasteiger partial charge in [0.15, 0.2) is 0 Å². The minimum Gasteiger partial charge on any atom is -0.497 e. The van der Waals surface area contributed by atoms with Crippen LogP contribution in [-0.4, -0.2) is 38.5 Å². The molecule has 0 radical (unpaired) electrons. The van der Waals surface area contributed by atoms with Gasteiger partial charge in [-0.3, -0.25) is 10.2 Å². The third-order valence-electron chi connectivity index (χ3n) is 5.69. The number of amides is 3. The van der Waals surface area contributed by atoms with Crippen LogP contribution in [-0.2, 0) is 21.2 Å². The van der Waals surface area contributed by atoms with Gasteiger partial charge >= 0.3 is 6.03 Å². The Kier molecular flexibility index (Phi) is 7.75. The molecule has 10 nitrogen and oxygen atoms in total. The molecule has 1 unspecified atom stereocenters. The minimum atomic E-state index is -4.03. The number of rotatable bonds is 8. The minimum absolute atomic E-state index is 0.0278. The zero-order valence-electron chi connectivity index (χ0n) is 20.2. The molecule has 5 N–H and O–H groups in total. The third kappa shape index (κ3) is 6.46. The number of hydrazine groups is 1. The molecule has 0 fully saturated rings. The van der Waals surface area contributed by atoms with Crippen LogP contribution < -0.4 is 25.6 Å². The van der Waals surface area contributed by atoms with Gasteiger partial charge in [0.2, 0.25) is 10.0 Å². The quantitative estimate of drug-likeness (QED) is 0.226. The molecule has 0 saturated heterocycles. The van der Waals surface area contributed by atoms with Crippen LogP contribution in [0, 0.1) is 6.92 Å². The first-order valence-electron chi connectivity index (χ1n) is 11.4. The number of fused-ring (bicyclic) bond motifs is 1. The first kappa shape index (κ1) is 25.7. The summed E-state index contributed by atoms with van der Waals surface area (Å²) >= 11 is 0. The van der Waals surface area contributed by atoms with Gasteiger partial charge in [-0.1, -0.05) is 35.9 Å². The lowest BCUT2D eigenvalue weighted by Gasteiger charge is -2.19. The van der Waals surface area contributed by atoms with E-state index >= 15 is 0 Å². The normalized spacial score (nSPS) is 12.1. The number of urea groups is 1. The van der Waals surface area contributed by atoms with E-state index in [1.165, 1.54) is 19.2 Å². The number of aromatic amines is 1. The standard InChI is InChI=1S/C26H27N5O5S/c1-17-7-13-21(14-8-17)37(34,35)31-24(15-18-16-27-23-6-4-3-5-22(18)23)25(32)29-30-26(33)28-19-9-11-20(36-2)12-10-19/h3-14,16,24,27,31H,15H2,1-2H3,(H,29,32)(H2,28,30,33). The van der Waals surface area contributed by atoms with Crippen molar-refractivity contribution < 1.29 is 22.7 Å². The summed E-state index contributed by atoms with van der Waals surface area (Å²) in [6.07, 6.45) is 1.78. The number of aryl methyl sites for hydroxylation is 1. The van der Waals surface area contributed by atoms with E-state index in [9.17, 15) is 18.0 Å². The van der Waals surface area contributed by atoms with Crippen LogP contribution in [0.25, 0.3) is 10.9 Å². The van der Waals surface area contributed by atoms with Crippen molar-refractivity contribution in [1.82, 2.24) is 20.6 Å². The number of benzene rings is 3. The van der Waals surface area contributed by atoms with Crippen LogP contribution in [0.3, 0.4) is 0 Å². The number of hydrogen-bond donors (Lipinski definition) is 5. The van der Waals surface area contributed by atoms with Gasteiger partial charge in [0.05, 0.1) is 12.0 Å². The Labute approximate surface area is 214 Å². The Morgan fingerprint density at radius 1 is 0.946 bits per heavy atom. The monoisotopic (exact) mass is 521 g/mol. The number of carbonyl (C=O) groups is 2. The molecule has 3 aromatic carbocycles. The van der Waals surface area contributed by atoms with Crippen molar-refractivity contribution >= 4 is 38.6 Å². The first-order valence-corrected chi connectivity index (χ1v) is 12.9. The van der Waals surface area contributed by atoms with Crippen molar-refractivity contribution in [2.24, 2.45) is 0 Å². The smallest absolute Gasteiger partial charge is 0.337 e. The lowest BCUT2D eigenvalue weighted by Crippen LogP contribution is -2.53. The maximum absolute atomic E-state index is 13.1. The Morgan fingerprint density at radius 3 is 2.35 bits per heavy atom. The summed E-state index contributed by atoms with van der Waals surface area (Å²) in [5.41, 5.74) is 7.55. The lowest BCUT2D eigenvalue weighted by molar-refractivity contribution is -0.123. The van der Waals surface area contributed by atoms with Crippen molar-refractivity contribution in [3.8, 4) is 5.75 Å². The van der Waals surface area contributed by atoms with E-state index in [2.05, 4.69) is 25.9 Å². The fourth-order valence-electron chi connectivity index (χ4n) is 3.72. The molecule has 37 heavy (non-hydrogen) atoms. The number of carbonyl (C=O) groups excluding carboxylic acids is 2. The lowest BCUT2D eigenvalue weighted by atomic mass is 10.1. The zero-order valence-corrected chi connectivity index (χ0v) is 21.1. The molecular formula is C26H27N5O5S. The highest BCUT2D eigenvalue weighted by molar-refractivity contribution is 7.89. The average molecular weight is 522 g/mol. The van der Waals surface area contributed by atoms with Gasteiger partial charge in [-0.2, -0.15) is 4.72 Å². The van der Waals surface area contributed by atoms with Gasteiger partial charge in [0, 0.05) is 22.8 Å². The van der Waals surface area contributed by atoms with E-state index in [-0.39, 0.29) is 11.3 Å². The topological polar surface area (TPSA) is 141 Å². The van der Waals surface area contributed by atoms with E-state index in [4.69, 9.17) is 4.74 Å². The molecule has 3 amide bonds. The largest absolute Gasteiger partial charge is 0.497 e. The highest BCUT2D eigenvalue weighted by atomic mass is 32.2. The van der Waals surface area contributed by atoms with Crippen LogP contribution in [0.4, 0.5) is 10.5 Å². The Hall–Kier alpha value is -4.35. The van der Waals surface area contributed by atoms with Gasteiger partial charge in [-0.05, 0) is 61.4 Å². The molecule has 4 rings (SSSR count). The van der Waals surface area contributed by atoms with E-state index in [1.807, 2.05) is 31.2 Å². The van der Waals surface area contributed by atoms with Crippen LogP contribution in [0.2, 0.25) is 0 Å². The van der Waals surface area contributed by atoms with Gasteiger partial charge in [0.1, 0.15) is 11.8 Å². The molecule has 11 heteroatoms. The second-order valence-corrected chi connectivity index (χ2v) is 10.1. The third-order valence-corrected chi connectivity index (χ3v) is 7.18. The van der Waals surface area contributed by atoms with Gasteiger partial charge < -0.3 is 15.0 Å². The van der Waals surface area contributed by atoms with Crippen LogP contribution in [0.1, 0.15) is 11.1 Å². The maximum Gasteiger partial charge on any atom is 0.337 e. The molecule has 0 bridgehead atoms. The number of aromatic nitrogens is 1. The highest BCUT2D eigenvalue weighted by Gasteiger charge is 2.27. The summed E-state index contributed by atoms with van der Waals surface area (Å²) in [4.78, 5) is 28.6. The number of anilines is 1. The number of ether oxygens (including phenoxy) is 1. The van der Waals surface area contributed by atoms with E-state index in [0.29, 0.717) is 11.4 Å². The molecular weight excluding hydrogens is 494 g/mol. The Bertz CT molecular complexity index is 1500. The van der Waals surface area contributed by atoms with Crippen molar-refractivity contribution in [1.29, 1.82) is 0 Å². The summed E-state index contributed by atoms with van der Waals surface area (Å²) < 4.78 is 33.7. The summed E-state index contributed by atoms with van der Waals surface area (Å²) in [5, 5.41) is 3.43. The Balaban J connectivity index is 1.49. The summed E-state index contributed by atoms with van der Waals surface area (Å²) in [5.74, 6) is -0.105. The maximum atomic E-state index is 13.1. The second-order valence-electron chi connectivity index (χ2n) is 8.35. The molecule has 1 aromatic heterocycles. The van der Waals surface area contributed by atoms with Gasteiger partial charge in [-0.15, -0.1) is 0 Å². The van der Waals surface area contributed by atoms with E-state index in [1.54, 1.807) is 42.6 Å². The summed E-state index contributed by atoms with van der Waals surface area (Å²) in [6.45, 7) is 1.85. The number of hydrogen-bond acceptors (Lipinski definition) is 5. The summed E-state index contributed by atoms with van der Waals surface area (Å²) in [6, 6.07) is 18.5. The second kappa shape index (κ2) is 11.1. The molecule has 0 spiro atoms. The molecule has 0 aliphatic rings. The number of H-pyrrole nitrogens is 1. The average Bonchev–Trinajstić information content (AvgIpc) is 3.30. The van der Waals surface area contributed by atoms with Crippen LogP contribution in [0.5, 0.6) is 5.75 Å². The van der Waals surface area contributed by atoms with Gasteiger partial charge in [-0.25, -0.2) is 18.6 Å². The van der Waals surface area contributed by atoms with Crippen LogP contribution in [0.15, 0.2) is 83.9 Å². The molecule has 0 saturated carbocycles. The predicted molar refractivity (Wildman–Crippen MR) is 141 cm³/mol.